The molecule has 5 aromatic rings. The van der Waals surface area contributed by atoms with Gasteiger partial charge in [-0.25, -0.2) is 0 Å². The second kappa shape index (κ2) is 15.0. The highest BCUT2D eigenvalue weighted by molar-refractivity contribution is 6.87. The molecule has 0 amide bonds. The lowest BCUT2D eigenvalue weighted by Gasteiger charge is -2.40. The van der Waals surface area contributed by atoms with Gasteiger partial charge < -0.3 is 9.39 Å². The number of fused-ring (bicyclic) bond motifs is 2. The SMILES string of the molecule is c1ccc(B2O[C@H]3CCCC[C@@H]3O[C@@H]3CCCC[C@H]3/C(c3ccccc3)=C(c3ccccc3)\C(c3ccccc3)=C/2c2ccccc2)cc1. The second-order valence-electron chi connectivity index (χ2n) is 13.9. The van der Waals surface area contributed by atoms with Crippen LogP contribution in [0.5, 0.6) is 0 Å². The van der Waals surface area contributed by atoms with Crippen molar-refractivity contribution < 1.29 is 9.39 Å². The van der Waals surface area contributed by atoms with Gasteiger partial charge in [0, 0.05) is 5.92 Å². The molecule has 0 spiro atoms. The number of benzene rings is 5. The van der Waals surface area contributed by atoms with Crippen LogP contribution in [0.1, 0.15) is 73.6 Å². The molecule has 3 aliphatic rings. The number of hydrogen-bond donors (Lipinski definition) is 0. The fourth-order valence-electron chi connectivity index (χ4n) is 8.59. The maximum Gasteiger partial charge on any atom is 0.363 e. The van der Waals surface area contributed by atoms with Crippen LogP contribution in [0.2, 0.25) is 0 Å². The van der Waals surface area contributed by atoms with Gasteiger partial charge in [-0.1, -0.05) is 177 Å². The van der Waals surface area contributed by atoms with E-state index in [-0.39, 0.29) is 31.1 Å². The first kappa shape index (κ1) is 31.8. The molecule has 0 unspecified atom stereocenters. The first-order valence-electron chi connectivity index (χ1n) is 18.4. The Kier molecular flexibility index (Phi) is 9.73. The summed E-state index contributed by atoms with van der Waals surface area (Å²) >= 11 is 0. The van der Waals surface area contributed by atoms with E-state index in [2.05, 4.69) is 152 Å². The molecule has 2 saturated carbocycles. The van der Waals surface area contributed by atoms with Crippen molar-refractivity contribution in [2.24, 2.45) is 5.92 Å². The van der Waals surface area contributed by atoms with Crippen molar-refractivity contribution in [2.45, 2.75) is 69.7 Å². The summed E-state index contributed by atoms with van der Waals surface area (Å²) in [7, 11) is 0. The van der Waals surface area contributed by atoms with E-state index in [4.69, 9.17) is 9.39 Å². The fraction of sp³-hybridized carbons (Fsp3) is 0.261. The van der Waals surface area contributed by atoms with E-state index in [0.29, 0.717) is 0 Å². The van der Waals surface area contributed by atoms with Crippen LogP contribution in [0.4, 0.5) is 0 Å². The van der Waals surface area contributed by atoms with Gasteiger partial charge in [-0.05, 0) is 75.6 Å². The maximum atomic E-state index is 7.59. The summed E-state index contributed by atoms with van der Waals surface area (Å²) in [5.74, 6) is 0.248. The summed E-state index contributed by atoms with van der Waals surface area (Å²) in [5.41, 5.74) is 11.2. The molecule has 4 atom stereocenters. The minimum absolute atomic E-state index is 0.00992. The molecule has 0 aromatic heterocycles. The quantitative estimate of drug-likeness (QED) is 0.178. The zero-order valence-corrected chi connectivity index (χ0v) is 28.3. The van der Waals surface area contributed by atoms with Gasteiger partial charge in [-0.3, -0.25) is 0 Å². The third-order valence-corrected chi connectivity index (χ3v) is 10.8. The molecular formula is C46H45BO2. The van der Waals surface area contributed by atoms with Crippen molar-refractivity contribution in [3.63, 3.8) is 0 Å². The van der Waals surface area contributed by atoms with Gasteiger partial charge in [0.2, 0.25) is 0 Å². The van der Waals surface area contributed by atoms with Crippen molar-refractivity contribution in [3.8, 4) is 0 Å². The first-order valence-corrected chi connectivity index (χ1v) is 18.4. The predicted molar refractivity (Wildman–Crippen MR) is 205 cm³/mol. The molecule has 0 saturated heterocycles. The Labute approximate surface area is 292 Å². The third kappa shape index (κ3) is 6.75. The van der Waals surface area contributed by atoms with Crippen LogP contribution in [0.3, 0.4) is 0 Å². The molecule has 2 fully saturated rings. The summed E-state index contributed by atoms with van der Waals surface area (Å²) in [5, 5.41) is 0. The Morgan fingerprint density at radius 3 is 1.45 bits per heavy atom. The lowest BCUT2D eigenvalue weighted by Crippen LogP contribution is -2.46. The number of rotatable bonds is 5. The summed E-state index contributed by atoms with van der Waals surface area (Å²) in [6.45, 7) is -0.302. The lowest BCUT2D eigenvalue weighted by atomic mass is 9.50. The first-order chi connectivity index (χ1) is 24.3. The average Bonchev–Trinajstić information content (AvgIpc) is 3.20. The summed E-state index contributed by atoms with van der Waals surface area (Å²) < 4.78 is 15.0. The highest BCUT2D eigenvalue weighted by atomic mass is 16.5. The maximum absolute atomic E-state index is 7.59. The summed E-state index contributed by atoms with van der Waals surface area (Å²) in [4.78, 5) is 0. The Bertz CT molecular complexity index is 1870. The standard InChI is InChI=1S/C46H45BO2/c1-6-20-34(21-7-1)43-39-30-16-17-31-40(39)48-41-32-18-19-33-42(41)49-47(38-28-14-5-15-29-38)46(37-26-12-4-13-27-37)45(36-24-10-3-11-25-36)44(43)35-22-8-2-9-23-35/h1-15,20-29,39-42H,16-19,30-33H2/b44-43-,46-45-/t39-,40-,41+,42+/m1/s1. The van der Waals surface area contributed by atoms with E-state index in [1.54, 1.807) is 0 Å². The lowest BCUT2D eigenvalue weighted by molar-refractivity contribution is -0.105. The largest absolute Gasteiger partial charge is 0.421 e. The summed E-state index contributed by atoms with van der Waals surface area (Å²) in [6.07, 6.45) is 9.19. The van der Waals surface area contributed by atoms with Crippen LogP contribution in [0, 0.1) is 5.92 Å². The van der Waals surface area contributed by atoms with Gasteiger partial charge in [0.1, 0.15) is 0 Å². The van der Waals surface area contributed by atoms with Crippen LogP contribution in [-0.4, -0.2) is 25.2 Å². The highest BCUT2D eigenvalue weighted by Crippen LogP contribution is 2.50. The van der Waals surface area contributed by atoms with Gasteiger partial charge in [-0.15, -0.1) is 0 Å². The van der Waals surface area contributed by atoms with Crippen molar-refractivity contribution in [2.75, 3.05) is 0 Å². The Hall–Kier alpha value is -4.44. The normalized spacial score (nSPS) is 26.2. The minimum Gasteiger partial charge on any atom is -0.421 e. The van der Waals surface area contributed by atoms with Gasteiger partial charge in [0.15, 0.2) is 0 Å². The molecule has 3 heteroatoms. The molecule has 0 radical (unpaired) electrons. The van der Waals surface area contributed by atoms with Crippen molar-refractivity contribution >= 4 is 34.6 Å². The predicted octanol–water partition coefficient (Wildman–Crippen LogP) is 10.6. The molecule has 1 heterocycles. The highest BCUT2D eigenvalue weighted by Gasteiger charge is 2.41. The zero-order chi connectivity index (χ0) is 32.8. The van der Waals surface area contributed by atoms with E-state index < -0.39 is 0 Å². The molecule has 0 N–H and O–H groups in total. The molecule has 2 nitrogen and oxygen atoms in total. The van der Waals surface area contributed by atoms with E-state index in [9.17, 15) is 0 Å². The van der Waals surface area contributed by atoms with E-state index in [1.165, 1.54) is 75.6 Å². The van der Waals surface area contributed by atoms with E-state index in [0.717, 1.165) is 25.7 Å². The topological polar surface area (TPSA) is 18.5 Å². The average molecular weight is 641 g/mol. The molecule has 1 aliphatic heterocycles. The van der Waals surface area contributed by atoms with Crippen molar-refractivity contribution in [1.29, 1.82) is 0 Å². The fourth-order valence-corrected chi connectivity index (χ4v) is 8.59. The molecule has 2 aliphatic carbocycles. The zero-order valence-electron chi connectivity index (χ0n) is 28.3. The number of hydrogen-bond acceptors (Lipinski definition) is 2. The van der Waals surface area contributed by atoms with Gasteiger partial charge >= 0.3 is 6.92 Å². The van der Waals surface area contributed by atoms with Crippen LogP contribution in [0.25, 0.3) is 22.2 Å². The monoisotopic (exact) mass is 640 g/mol. The van der Waals surface area contributed by atoms with E-state index >= 15 is 0 Å². The number of ether oxygens (including phenoxy) is 1. The summed E-state index contributed by atoms with van der Waals surface area (Å²) in [6, 6.07) is 55.3. The smallest absolute Gasteiger partial charge is 0.363 e. The molecule has 0 bridgehead atoms. The second-order valence-corrected chi connectivity index (χ2v) is 13.9. The van der Waals surface area contributed by atoms with Crippen LogP contribution >= 0.6 is 0 Å². The molecule has 8 rings (SSSR count). The molecular weight excluding hydrogens is 595 g/mol. The van der Waals surface area contributed by atoms with Crippen LogP contribution in [0.15, 0.2) is 152 Å². The van der Waals surface area contributed by atoms with Crippen molar-refractivity contribution in [3.05, 3.63) is 174 Å². The molecule has 244 valence electrons. The number of allylic oxidation sites excluding steroid dienone is 2. The van der Waals surface area contributed by atoms with Gasteiger partial charge in [-0.2, -0.15) is 0 Å². The third-order valence-electron chi connectivity index (χ3n) is 10.8. The van der Waals surface area contributed by atoms with Crippen LogP contribution < -0.4 is 5.46 Å². The van der Waals surface area contributed by atoms with Gasteiger partial charge in [0.05, 0.1) is 18.3 Å². The van der Waals surface area contributed by atoms with Gasteiger partial charge in [0.25, 0.3) is 0 Å². The Morgan fingerprint density at radius 1 is 0.408 bits per heavy atom. The Balaban J connectivity index is 1.57. The molecule has 5 aromatic carbocycles. The van der Waals surface area contributed by atoms with Crippen molar-refractivity contribution in [1.82, 2.24) is 0 Å². The Morgan fingerprint density at radius 2 is 0.857 bits per heavy atom. The van der Waals surface area contributed by atoms with E-state index in [1.807, 2.05) is 0 Å². The van der Waals surface area contributed by atoms with Crippen LogP contribution in [-0.2, 0) is 9.39 Å². The minimum atomic E-state index is -0.302. The molecule has 49 heavy (non-hydrogen) atoms.